The van der Waals surface area contributed by atoms with Gasteiger partial charge in [0.2, 0.25) is 0 Å². The number of carbonyl (C=O) groups is 1. The molecule has 1 aromatic heterocycles. The zero-order valence-corrected chi connectivity index (χ0v) is 18.8. The third-order valence-electron chi connectivity index (χ3n) is 6.16. The van der Waals surface area contributed by atoms with E-state index in [-0.39, 0.29) is 23.5 Å². The molecule has 0 radical (unpaired) electrons. The number of likely N-dealkylation sites (tertiary alicyclic amines) is 1. The van der Waals surface area contributed by atoms with Gasteiger partial charge in [-0.3, -0.25) is 9.69 Å². The Morgan fingerprint density at radius 1 is 1.23 bits per heavy atom. The van der Waals surface area contributed by atoms with Crippen LogP contribution in [0.1, 0.15) is 46.6 Å². The number of hydrogen-bond acceptors (Lipinski definition) is 7. The first-order valence-electron chi connectivity index (χ1n) is 10.7. The molecule has 2 atom stereocenters. The maximum absolute atomic E-state index is 12.9. The van der Waals surface area contributed by atoms with Gasteiger partial charge in [0.25, 0.3) is 5.91 Å². The van der Waals surface area contributed by atoms with E-state index in [9.17, 15) is 13.2 Å². The summed E-state index contributed by atoms with van der Waals surface area (Å²) < 4.78 is 35.6. The second kappa shape index (κ2) is 9.00. The average Bonchev–Trinajstić information content (AvgIpc) is 3.24. The molecule has 0 bridgehead atoms. The highest BCUT2D eigenvalue weighted by molar-refractivity contribution is 7.91. The topological polar surface area (TPSA) is 102 Å². The normalized spacial score (nSPS) is 23.5. The molecule has 2 unspecified atom stereocenters. The number of amides is 1. The average molecular weight is 448 g/mol. The molecule has 2 aromatic rings. The maximum atomic E-state index is 12.9. The van der Waals surface area contributed by atoms with Crippen LogP contribution in [0.15, 0.2) is 28.8 Å². The quantitative estimate of drug-likeness (QED) is 0.725. The zero-order valence-electron chi connectivity index (χ0n) is 18.0. The molecule has 1 amide bonds. The third-order valence-corrected chi connectivity index (χ3v) is 7.88. The molecule has 9 heteroatoms. The van der Waals surface area contributed by atoms with Crippen molar-refractivity contribution in [3.05, 3.63) is 46.8 Å². The van der Waals surface area contributed by atoms with Crippen molar-refractivity contribution >= 4 is 15.7 Å². The lowest BCUT2D eigenvalue weighted by Crippen LogP contribution is -2.52. The molecule has 3 heterocycles. The lowest BCUT2D eigenvalue weighted by atomic mass is 10.0. The van der Waals surface area contributed by atoms with Gasteiger partial charge in [0.05, 0.1) is 28.8 Å². The number of aromatic nitrogens is 1. The fourth-order valence-electron chi connectivity index (χ4n) is 4.42. The van der Waals surface area contributed by atoms with Crippen LogP contribution < -0.4 is 10.1 Å². The molecule has 2 fully saturated rings. The predicted molar refractivity (Wildman–Crippen MR) is 116 cm³/mol. The van der Waals surface area contributed by atoms with Crippen molar-refractivity contribution in [1.29, 1.82) is 0 Å². The molecule has 0 aliphatic carbocycles. The molecule has 0 spiro atoms. The van der Waals surface area contributed by atoms with Crippen molar-refractivity contribution in [1.82, 2.24) is 15.4 Å². The maximum Gasteiger partial charge on any atom is 0.251 e. The SMILES string of the molecule is Cc1noc(C)c1COc1cccc(C(=O)NC2CS(=O)(=O)CC2N2CCCCC2)c1. The Morgan fingerprint density at radius 3 is 2.71 bits per heavy atom. The summed E-state index contributed by atoms with van der Waals surface area (Å²) >= 11 is 0. The Balaban J connectivity index is 1.43. The molecule has 8 nitrogen and oxygen atoms in total. The first kappa shape index (κ1) is 21.8. The lowest BCUT2D eigenvalue weighted by Gasteiger charge is -2.35. The molecular weight excluding hydrogens is 418 g/mol. The predicted octanol–water partition coefficient (Wildman–Crippen LogP) is 2.25. The fraction of sp³-hybridized carbons (Fsp3) is 0.545. The van der Waals surface area contributed by atoms with Gasteiger partial charge in [0.1, 0.15) is 18.1 Å². The Labute approximate surface area is 182 Å². The molecule has 31 heavy (non-hydrogen) atoms. The van der Waals surface area contributed by atoms with E-state index in [1.165, 1.54) is 6.42 Å². The molecule has 1 N–H and O–H groups in total. The van der Waals surface area contributed by atoms with Gasteiger partial charge in [-0.05, 0) is 58.0 Å². The van der Waals surface area contributed by atoms with Gasteiger partial charge in [0.15, 0.2) is 9.84 Å². The minimum atomic E-state index is -3.17. The van der Waals surface area contributed by atoms with E-state index in [4.69, 9.17) is 9.26 Å². The van der Waals surface area contributed by atoms with Gasteiger partial charge in [-0.15, -0.1) is 0 Å². The summed E-state index contributed by atoms with van der Waals surface area (Å²) in [7, 11) is -3.17. The van der Waals surface area contributed by atoms with Gasteiger partial charge < -0.3 is 14.6 Å². The van der Waals surface area contributed by atoms with Crippen LogP contribution in [0.3, 0.4) is 0 Å². The van der Waals surface area contributed by atoms with Crippen LogP contribution >= 0.6 is 0 Å². The summed E-state index contributed by atoms with van der Waals surface area (Å²) in [4.78, 5) is 15.2. The number of ether oxygens (including phenoxy) is 1. The summed E-state index contributed by atoms with van der Waals surface area (Å²) in [6.07, 6.45) is 3.32. The van der Waals surface area contributed by atoms with E-state index in [2.05, 4.69) is 15.4 Å². The van der Waals surface area contributed by atoms with Crippen molar-refractivity contribution in [2.45, 2.75) is 51.8 Å². The largest absolute Gasteiger partial charge is 0.489 e. The summed E-state index contributed by atoms with van der Waals surface area (Å²) in [6.45, 7) is 5.75. The number of piperidine rings is 1. The zero-order chi connectivity index (χ0) is 22.0. The number of benzene rings is 1. The standard InChI is InChI=1S/C22H29N3O5S/c1-15-19(16(2)30-24-15)12-29-18-8-6-7-17(11-18)22(26)23-20-13-31(27,28)14-21(20)25-9-4-3-5-10-25/h6-8,11,20-21H,3-5,9-10,12-14H2,1-2H3,(H,23,26). The van der Waals surface area contributed by atoms with Crippen molar-refractivity contribution in [3.8, 4) is 5.75 Å². The van der Waals surface area contributed by atoms with E-state index < -0.39 is 15.9 Å². The van der Waals surface area contributed by atoms with Crippen LogP contribution in [0.25, 0.3) is 0 Å². The highest BCUT2D eigenvalue weighted by Gasteiger charge is 2.42. The molecular formula is C22H29N3O5S. The molecule has 2 aliphatic rings. The van der Waals surface area contributed by atoms with Gasteiger partial charge in [-0.25, -0.2) is 8.42 Å². The van der Waals surface area contributed by atoms with Crippen LogP contribution in [0.4, 0.5) is 0 Å². The van der Waals surface area contributed by atoms with E-state index in [0.29, 0.717) is 23.7 Å². The van der Waals surface area contributed by atoms with Crippen LogP contribution in [-0.2, 0) is 16.4 Å². The molecule has 0 saturated carbocycles. The van der Waals surface area contributed by atoms with Gasteiger partial charge in [0, 0.05) is 11.6 Å². The number of nitrogens with zero attached hydrogens (tertiary/aromatic N) is 2. The highest BCUT2D eigenvalue weighted by Crippen LogP contribution is 2.23. The monoisotopic (exact) mass is 447 g/mol. The first-order chi connectivity index (χ1) is 14.8. The number of aryl methyl sites for hydroxylation is 2. The Morgan fingerprint density at radius 2 is 2.00 bits per heavy atom. The van der Waals surface area contributed by atoms with Gasteiger partial charge >= 0.3 is 0 Å². The smallest absolute Gasteiger partial charge is 0.251 e. The van der Waals surface area contributed by atoms with Crippen LogP contribution in [0.2, 0.25) is 0 Å². The molecule has 1 aromatic carbocycles. The number of carbonyl (C=O) groups excluding carboxylic acids is 1. The molecule has 168 valence electrons. The minimum Gasteiger partial charge on any atom is -0.489 e. The summed E-state index contributed by atoms with van der Waals surface area (Å²) in [6, 6.07) is 6.36. The Bertz CT molecular complexity index is 1020. The van der Waals surface area contributed by atoms with Crippen molar-refractivity contribution in [3.63, 3.8) is 0 Å². The minimum absolute atomic E-state index is 0.0118. The number of sulfone groups is 1. The van der Waals surface area contributed by atoms with E-state index in [1.54, 1.807) is 24.3 Å². The second-order valence-corrected chi connectivity index (χ2v) is 10.6. The van der Waals surface area contributed by atoms with E-state index in [0.717, 1.165) is 37.2 Å². The number of rotatable bonds is 6. The Hall–Kier alpha value is -2.39. The number of nitrogens with one attached hydrogen (secondary N) is 1. The van der Waals surface area contributed by atoms with E-state index in [1.807, 2.05) is 13.8 Å². The first-order valence-corrected chi connectivity index (χ1v) is 12.5. The van der Waals surface area contributed by atoms with Crippen LogP contribution in [0, 0.1) is 13.8 Å². The van der Waals surface area contributed by atoms with Gasteiger partial charge in [-0.1, -0.05) is 17.6 Å². The third kappa shape index (κ3) is 5.10. The second-order valence-electron chi connectivity index (χ2n) is 8.44. The van der Waals surface area contributed by atoms with Crippen molar-refractivity contribution in [2.75, 3.05) is 24.6 Å². The van der Waals surface area contributed by atoms with Crippen molar-refractivity contribution < 1.29 is 22.5 Å². The van der Waals surface area contributed by atoms with Gasteiger partial charge in [-0.2, -0.15) is 0 Å². The van der Waals surface area contributed by atoms with Crippen LogP contribution in [0.5, 0.6) is 5.75 Å². The summed E-state index contributed by atoms with van der Waals surface area (Å²) in [5, 5.41) is 6.89. The summed E-state index contributed by atoms with van der Waals surface area (Å²) in [5.41, 5.74) is 2.10. The number of hydrogen-bond donors (Lipinski definition) is 1. The fourth-order valence-corrected chi connectivity index (χ4v) is 6.37. The Kier molecular flexibility index (Phi) is 6.34. The molecule has 2 aliphatic heterocycles. The van der Waals surface area contributed by atoms with Crippen LogP contribution in [-0.4, -0.2) is 61.1 Å². The summed E-state index contributed by atoms with van der Waals surface area (Å²) in [5.74, 6) is 1.07. The van der Waals surface area contributed by atoms with Crippen molar-refractivity contribution in [2.24, 2.45) is 0 Å². The molecule has 4 rings (SSSR count). The van der Waals surface area contributed by atoms with E-state index >= 15 is 0 Å². The highest BCUT2D eigenvalue weighted by atomic mass is 32.2. The lowest BCUT2D eigenvalue weighted by molar-refractivity contribution is 0.0899. The molecule has 2 saturated heterocycles.